The van der Waals surface area contributed by atoms with Crippen LogP contribution in [0.1, 0.15) is 20.3 Å². The molecule has 1 saturated carbocycles. The van der Waals surface area contributed by atoms with Gasteiger partial charge in [-0.2, -0.15) is 0 Å². The molecule has 2 fully saturated rings. The van der Waals surface area contributed by atoms with E-state index in [2.05, 4.69) is 53.8 Å². The third-order valence-electron chi connectivity index (χ3n) is 6.87. The van der Waals surface area contributed by atoms with Gasteiger partial charge in [-0.25, -0.2) is 0 Å². The maximum atomic E-state index is 12.8. The van der Waals surface area contributed by atoms with E-state index < -0.39 is 0 Å². The summed E-state index contributed by atoms with van der Waals surface area (Å²) in [5, 5.41) is 6.54. The van der Waals surface area contributed by atoms with Crippen LogP contribution in [0.25, 0.3) is 0 Å². The fourth-order valence-electron chi connectivity index (χ4n) is 5.08. The number of hydrogen-bond donors (Lipinski definition) is 2. The maximum Gasteiger partial charge on any atom is 0.233 e. The highest BCUT2D eigenvalue weighted by Crippen LogP contribution is 2.52. The molecule has 8 heteroatoms. The Kier molecular flexibility index (Phi) is 8.19. The fourth-order valence-corrected chi connectivity index (χ4v) is 5.08. The predicted molar refractivity (Wildman–Crippen MR) is 138 cm³/mol. The number of nitrogens with zero attached hydrogens (tertiary/aromatic N) is 3. The second-order valence-corrected chi connectivity index (χ2v) is 8.77. The minimum atomic E-state index is -0.126. The highest BCUT2D eigenvalue weighted by Gasteiger charge is 2.58. The second kappa shape index (κ2) is 10.7. The van der Waals surface area contributed by atoms with Crippen molar-refractivity contribution in [2.24, 2.45) is 28.7 Å². The molecule has 1 heterocycles. The molecule has 2 N–H and O–H groups in total. The fraction of sp³-hybridized carbons (Fsp3) is 0.542. The summed E-state index contributed by atoms with van der Waals surface area (Å²) in [7, 11) is 2.07. The summed E-state index contributed by atoms with van der Waals surface area (Å²) < 4.78 is 0. The highest BCUT2D eigenvalue weighted by molar-refractivity contribution is 14.0. The number of likely N-dealkylation sites (N-methyl/N-ethyl adjacent to an activating group) is 1. The number of halogens is 1. The van der Waals surface area contributed by atoms with Gasteiger partial charge >= 0.3 is 0 Å². The molecule has 1 aromatic rings. The average molecular weight is 551 g/mol. The van der Waals surface area contributed by atoms with E-state index in [0.29, 0.717) is 25.6 Å². The van der Waals surface area contributed by atoms with E-state index >= 15 is 0 Å². The van der Waals surface area contributed by atoms with Gasteiger partial charge in [0.05, 0.1) is 18.4 Å². The minimum absolute atomic E-state index is 0. The lowest BCUT2D eigenvalue weighted by Gasteiger charge is -2.26. The molecule has 174 valence electrons. The van der Waals surface area contributed by atoms with Crippen LogP contribution in [-0.2, 0) is 9.59 Å². The molecule has 7 nitrogen and oxygen atoms in total. The second-order valence-electron chi connectivity index (χ2n) is 8.77. The molecule has 3 aliphatic rings. The molecule has 0 aromatic heterocycles. The number of allylic oxidation sites excluding steroid dienone is 2. The first-order valence-corrected chi connectivity index (χ1v) is 11.3. The van der Waals surface area contributed by atoms with E-state index in [4.69, 9.17) is 4.99 Å². The zero-order chi connectivity index (χ0) is 22.0. The number of guanidine groups is 1. The number of aliphatic imine (C=N–C) groups is 1. The molecule has 0 spiro atoms. The van der Waals surface area contributed by atoms with Crippen LogP contribution in [0.3, 0.4) is 0 Å². The van der Waals surface area contributed by atoms with Crippen LogP contribution >= 0.6 is 24.0 Å². The van der Waals surface area contributed by atoms with Gasteiger partial charge in [-0.3, -0.25) is 19.5 Å². The van der Waals surface area contributed by atoms with Crippen molar-refractivity contribution in [3.63, 3.8) is 0 Å². The van der Waals surface area contributed by atoms with E-state index in [1.165, 1.54) is 4.90 Å². The van der Waals surface area contributed by atoms with Crippen LogP contribution < -0.4 is 15.5 Å². The lowest BCUT2D eigenvalue weighted by molar-refractivity contribution is -0.140. The molecule has 4 rings (SSSR count). The zero-order valence-corrected chi connectivity index (χ0v) is 21.4. The first kappa shape index (κ1) is 24.5. The van der Waals surface area contributed by atoms with E-state index in [-0.39, 0.29) is 65.5 Å². The Hall–Kier alpha value is -2.10. The van der Waals surface area contributed by atoms with Crippen molar-refractivity contribution < 1.29 is 9.59 Å². The Morgan fingerprint density at radius 1 is 1.12 bits per heavy atom. The van der Waals surface area contributed by atoms with Gasteiger partial charge in [-0.1, -0.05) is 30.4 Å². The molecule has 5 atom stereocenters. The van der Waals surface area contributed by atoms with Crippen molar-refractivity contribution in [1.29, 1.82) is 0 Å². The van der Waals surface area contributed by atoms with Gasteiger partial charge in [0.15, 0.2) is 5.96 Å². The van der Waals surface area contributed by atoms with Gasteiger partial charge < -0.3 is 15.5 Å². The number of likely N-dealkylation sites (tertiary alicyclic amines) is 1. The molecular formula is C24H34IN5O2. The first-order chi connectivity index (χ1) is 15.0. The standard InChI is InChI=1S/C24H33N5O2.HI/c1-4-25-24(27-15-16(2)28(3)19-8-6-5-7-9-19)26-12-13-29-22(30)20-17-10-11-18(14-17)21(20)23(29)31;/h5-11,16-18,20-21H,4,12-15H2,1-3H3,(H2,25,26,27);1H. The van der Waals surface area contributed by atoms with E-state index in [1.54, 1.807) is 0 Å². The molecule has 32 heavy (non-hydrogen) atoms. The van der Waals surface area contributed by atoms with E-state index in [1.807, 2.05) is 25.1 Å². The molecule has 2 bridgehead atoms. The topological polar surface area (TPSA) is 77.0 Å². The number of imide groups is 1. The highest BCUT2D eigenvalue weighted by atomic mass is 127. The average Bonchev–Trinajstić information content (AvgIpc) is 3.47. The van der Waals surface area contributed by atoms with Crippen LogP contribution in [0.2, 0.25) is 0 Å². The first-order valence-electron chi connectivity index (χ1n) is 11.3. The predicted octanol–water partition coefficient (Wildman–Crippen LogP) is 2.49. The molecular weight excluding hydrogens is 517 g/mol. The van der Waals surface area contributed by atoms with Crippen molar-refractivity contribution in [3.05, 3.63) is 42.5 Å². The minimum Gasteiger partial charge on any atom is -0.370 e. The Morgan fingerprint density at radius 2 is 1.75 bits per heavy atom. The van der Waals surface area contributed by atoms with Gasteiger partial charge in [0.2, 0.25) is 11.8 Å². The number of rotatable bonds is 8. The monoisotopic (exact) mass is 551 g/mol. The van der Waals surface area contributed by atoms with Crippen LogP contribution in [0.5, 0.6) is 0 Å². The molecule has 2 amide bonds. The van der Waals surface area contributed by atoms with Crippen LogP contribution in [0.15, 0.2) is 47.5 Å². The lowest BCUT2D eigenvalue weighted by atomic mass is 9.85. The number of para-hydroxylation sites is 1. The quantitative estimate of drug-likeness (QED) is 0.171. The number of fused-ring (bicyclic) bond motifs is 5. The zero-order valence-electron chi connectivity index (χ0n) is 19.0. The molecule has 1 aliphatic heterocycles. The number of carbonyl (C=O) groups excluding carboxylic acids is 2. The third-order valence-corrected chi connectivity index (χ3v) is 6.87. The number of benzene rings is 1. The maximum absolute atomic E-state index is 12.8. The summed E-state index contributed by atoms with van der Waals surface area (Å²) in [4.78, 5) is 34.0. The molecule has 5 unspecified atom stereocenters. The summed E-state index contributed by atoms with van der Waals surface area (Å²) in [6.45, 7) is 6.41. The Labute approximate surface area is 207 Å². The number of carbonyl (C=O) groups is 2. The number of amides is 2. The molecule has 2 aliphatic carbocycles. The summed E-state index contributed by atoms with van der Waals surface area (Å²) >= 11 is 0. The van der Waals surface area contributed by atoms with Gasteiger partial charge in [-0.15, -0.1) is 24.0 Å². The van der Waals surface area contributed by atoms with Crippen LogP contribution in [-0.4, -0.2) is 61.9 Å². The lowest BCUT2D eigenvalue weighted by Crippen LogP contribution is -2.44. The van der Waals surface area contributed by atoms with Gasteiger partial charge in [0, 0.05) is 38.4 Å². The van der Waals surface area contributed by atoms with Gasteiger partial charge in [0.25, 0.3) is 0 Å². The van der Waals surface area contributed by atoms with E-state index in [0.717, 1.165) is 18.7 Å². The summed E-state index contributed by atoms with van der Waals surface area (Å²) in [5.74, 6) is 0.981. The SMILES string of the molecule is CCNC(=NCC(C)N(C)c1ccccc1)NCCN1C(=O)C2C3C=CC(C3)C2C1=O.I. The Bertz CT molecular complexity index is 844. The largest absolute Gasteiger partial charge is 0.370 e. The summed E-state index contributed by atoms with van der Waals surface area (Å²) in [6, 6.07) is 10.5. The van der Waals surface area contributed by atoms with E-state index in [9.17, 15) is 9.59 Å². The van der Waals surface area contributed by atoms with Crippen molar-refractivity contribution in [3.8, 4) is 0 Å². The van der Waals surface area contributed by atoms with Crippen LogP contribution in [0.4, 0.5) is 5.69 Å². The molecule has 0 radical (unpaired) electrons. The number of nitrogens with one attached hydrogen (secondary N) is 2. The van der Waals surface area contributed by atoms with Gasteiger partial charge in [0.1, 0.15) is 0 Å². The van der Waals surface area contributed by atoms with Crippen molar-refractivity contribution in [2.75, 3.05) is 38.1 Å². The van der Waals surface area contributed by atoms with Crippen molar-refractivity contribution in [1.82, 2.24) is 15.5 Å². The Morgan fingerprint density at radius 3 is 2.34 bits per heavy atom. The smallest absolute Gasteiger partial charge is 0.233 e. The number of anilines is 1. The Balaban J connectivity index is 0.00000289. The summed E-state index contributed by atoms with van der Waals surface area (Å²) in [5.41, 5.74) is 1.16. The van der Waals surface area contributed by atoms with Crippen molar-refractivity contribution in [2.45, 2.75) is 26.3 Å². The summed E-state index contributed by atoms with van der Waals surface area (Å²) in [6.07, 6.45) is 5.22. The van der Waals surface area contributed by atoms with Crippen molar-refractivity contribution >= 4 is 47.4 Å². The number of hydrogen-bond acceptors (Lipinski definition) is 4. The molecule has 1 aromatic carbocycles. The van der Waals surface area contributed by atoms with Gasteiger partial charge in [-0.05, 0) is 44.2 Å². The van der Waals surface area contributed by atoms with Crippen LogP contribution in [0, 0.1) is 23.7 Å². The normalized spacial score (nSPS) is 26.7. The molecule has 1 saturated heterocycles. The third kappa shape index (κ3) is 4.79.